The van der Waals surface area contributed by atoms with Crippen LogP contribution in [-0.2, 0) is 4.79 Å². The zero-order chi connectivity index (χ0) is 12.6. The number of nitrogens with one attached hydrogen (secondary N) is 1. The van der Waals surface area contributed by atoms with Crippen molar-refractivity contribution < 1.29 is 4.79 Å². The van der Waals surface area contributed by atoms with Gasteiger partial charge in [0.25, 0.3) is 0 Å². The van der Waals surface area contributed by atoms with E-state index in [4.69, 9.17) is 0 Å². The van der Waals surface area contributed by atoms with Gasteiger partial charge in [0, 0.05) is 19.1 Å². The van der Waals surface area contributed by atoms with Crippen LogP contribution in [0, 0.1) is 11.3 Å². The van der Waals surface area contributed by atoms with Gasteiger partial charge in [0.1, 0.15) is 0 Å². The number of likely N-dealkylation sites (tertiary alicyclic amines) is 1. The maximum atomic E-state index is 13.1. The molecule has 0 aromatic rings. The number of hydrogen-bond acceptors (Lipinski definition) is 2. The quantitative estimate of drug-likeness (QED) is 0.804. The van der Waals surface area contributed by atoms with Crippen LogP contribution in [0.2, 0.25) is 0 Å². The molecule has 2 heterocycles. The highest BCUT2D eigenvalue weighted by Crippen LogP contribution is 2.45. The second-order valence-corrected chi connectivity index (χ2v) is 6.57. The van der Waals surface area contributed by atoms with Gasteiger partial charge in [0.05, 0.1) is 5.41 Å². The Kier molecular flexibility index (Phi) is 4.78. The number of fused-ring (bicyclic) bond motifs is 1. The van der Waals surface area contributed by atoms with Crippen LogP contribution in [0.4, 0.5) is 0 Å². The third-order valence-electron chi connectivity index (χ3n) is 5.53. The minimum Gasteiger partial charge on any atom is -0.339 e. The second-order valence-electron chi connectivity index (χ2n) is 6.57. The lowest BCUT2D eigenvalue weighted by molar-refractivity contribution is -0.148. The van der Waals surface area contributed by atoms with Gasteiger partial charge in [-0.05, 0) is 51.5 Å². The molecule has 1 saturated carbocycles. The van der Waals surface area contributed by atoms with Crippen molar-refractivity contribution in [2.24, 2.45) is 11.3 Å². The number of amides is 1. The summed E-state index contributed by atoms with van der Waals surface area (Å²) in [5.74, 6) is 1.08. The van der Waals surface area contributed by atoms with Crippen LogP contribution in [0.5, 0.6) is 0 Å². The Morgan fingerprint density at radius 2 is 2.00 bits per heavy atom. The largest absolute Gasteiger partial charge is 0.339 e. The van der Waals surface area contributed by atoms with Crippen LogP contribution in [0.15, 0.2) is 0 Å². The molecule has 3 rings (SSSR count). The fourth-order valence-electron chi connectivity index (χ4n) is 4.35. The SMILES string of the molecule is CC1CCCCN1C(=O)[C@@]12CCCC[C@H]1CNC2.Cl. The van der Waals surface area contributed by atoms with Crippen molar-refractivity contribution in [1.29, 1.82) is 0 Å². The lowest BCUT2D eigenvalue weighted by atomic mass is 9.67. The monoisotopic (exact) mass is 286 g/mol. The van der Waals surface area contributed by atoms with E-state index in [1.54, 1.807) is 0 Å². The predicted molar refractivity (Wildman–Crippen MR) is 79.5 cm³/mol. The molecule has 3 aliphatic rings. The number of carbonyl (C=O) groups excluding carboxylic acids is 1. The standard InChI is InChI=1S/C15H26N2O.ClH/c1-12-6-3-5-9-17(12)14(18)15-8-4-2-7-13(15)10-16-11-15;/h12-13,16H,2-11H2,1H3;1H/t12?,13-,15+;/m0./s1. The Morgan fingerprint density at radius 1 is 1.21 bits per heavy atom. The van der Waals surface area contributed by atoms with Crippen LogP contribution in [0.3, 0.4) is 0 Å². The van der Waals surface area contributed by atoms with E-state index < -0.39 is 0 Å². The van der Waals surface area contributed by atoms with Gasteiger partial charge >= 0.3 is 0 Å². The number of halogens is 1. The summed E-state index contributed by atoms with van der Waals surface area (Å²) in [6, 6.07) is 0.462. The highest BCUT2D eigenvalue weighted by Gasteiger charge is 2.51. The maximum Gasteiger partial charge on any atom is 0.230 e. The molecule has 19 heavy (non-hydrogen) atoms. The molecule has 0 radical (unpaired) electrons. The van der Waals surface area contributed by atoms with Crippen molar-refractivity contribution in [3.63, 3.8) is 0 Å². The molecule has 0 aromatic carbocycles. The smallest absolute Gasteiger partial charge is 0.230 e. The predicted octanol–water partition coefficient (Wildman–Crippen LogP) is 2.59. The first-order chi connectivity index (χ1) is 8.74. The van der Waals surface area contributed by atoms with Gasteiger partial charge in [-0.15, -0.1) is 12.4 Å². The Hall–Kier alpha value is -0.280. The van der Waals surface area contributed by atoms with Gasteiger partial charge in [0.2, 0.25) is 5.91 Å². The second kappa shape index (κ2) is 6.01. The highest BCUT2D eigenvalue weighted by atomic mass is 35.5. The number of nitrogens with zero attached hydrogens (tertiary/aromatic N) is 1. The highest BCUT2D eigenvalue weighted by molar-refractivity contribution is 5.85. The Bertz CT molecular complexity index is 336. The molecule has 1 N–H and O–H groups in total. The first-order valence-corrected chi connectivity index (χ1v) is 7.76. The maximum absolute atomic E-state index is 13.1. The van der Waals surface area contributed by atoms with E-state index in [-0.39, 0.29) is 17.8 Å². The Balaban J connectivity index is 0.00000133. The van der Waals surface area contributed by atoms with Crippen molar-refractivity contribution in [3.05, 3.63) is 0 Å². The molecule has 1 unspecified atom stereocenters. The van der Waals surface area contributed by atoms with Gasteiger partial charge in [-0.2, -0.15) is 0 Å². The molecule has 0 aromatic heterocycles. The third-order valence-corrected chi connectivity index (χ3v) is 5.53. The average Bonchev–Trinajstić information content (AvgIpc) is 2.83. The fourth-order valence-corrected chi connectivity index (χ4v) is 4.35. The van der Waals surface area contributed by atoms with Crippen LogP contribution < -0.4 is 5.32 Å². The molecule has 0 spiro atoms. The molecule has 1 amide bonds. The lowest BCUT2D eigenvalue weighted by Gasteiger charge is -2.44. The molecule has 4 heteroatoms. The van der Waals surface area contributed by atoms with E-state index in [1.165, 1.54) is 38.5 Å². The lowest BCUT2D eigenvalue weighted by Crippen LogP contribution is -2.53. The summed E-state index contributed by atoms with van der Waals surface area (Å²) in [6.07, 6.45) is 8.61. The normalized spacial score (nSPS) is 38.5. The van der Waals surface area contributed by atoms with Crippen LogP contribution in [0.25, 0.3) is 0 Å². The van der Waals surface area contributed by atoms with E-state index in [2.05, 4.69) is 17.1 Å². The third kappa shape index (κ3) is 2.52. The summed E-state index contributed by atoms with van der Waals surface area (Å²) in [5, 5.41) is 3.49. The molecule has 2 aliphatic heterocycles. The Labute approximate surface area is 122 Å². The van der Waals surface area contributed by atoms with Crippen molar-refractivity contribution in [3.8, 4) is 0 Å². The van der Waals surface area contributed by atoms with E-state index >= 15 is 0 Å². The summed E-state index contributed by atoms with van der Waals surface area (Å²) in [6.45, 7) is 5.22. The van der Waals surface area contributed by atoms with Crippen LogP contribution >= 0.6 is 12.4 Å². The van der Waals surface area contributed by atoms with Gasteiger partial charge in [-0.25, -0.2) is 0 Å². The topological polar surface area (TPSA) is 32.3 Å². The minimum atomic E-state index is -0.0378. The summed E-state index contributed by atoms with van der Waals surface area (Å²) >= 11 is 0. The van der Waals surface area contributed by atoms with Crippen LogP contribution in [-0.4, -0.2) is 36.5 Å². The molecule has 3 fully saturated rings. The molecule has 0 bridgehead atoms. The van der Waals surface area contributed by atoms with Gasteiger partial charge < -0.3 is 10.2 Å². The number of carbonyl (C=O) groups is 1. The zero-order valence-electron chi connectivity index (χ0n) is 12.0. The molecule has 3 nitrogen and oxygen atoms in total. The van der Waals surface area contributed by atoms with E-state index in [0.717, 1.165) is 26.1 Å². The Morgan fingerprint density at radius 3 is 2.79 bits per heavy atom. The molecule has 3 atom stereocenters. The van der Waals surface area contributed by atoms with E-state index in [9.17, 15) is 4.79 Å². The van der Waals surface area contributed by atoms with Crippen LogP contribution in [0.1, 0.15) is 51.9 Å². The average molecular weight is 287 g/mol. The summed E-state index contributed by atoms with van der Waals surface area (Å²) in [4.78, 5) is 15.3. The first kappa shape index (κ1) is 15.1. The van der Waals surface area contributed by atoms with E-state index in [0.29, 0.717) is 17.9 Å². The summed E-state index contributed by atoms with van der Waals surface area (Å²) in [5.41, 5.74) is -0.0378. The number of piperidine rings is 1. The molecular formula is C15H27ClN2O. The first-order valence-electron chi connectivity index (χ1n) is 7.76. The number of rotatable bonds is 1. The fraction of sp³-hybridized carbons (Fsp3) is 0.933. The van der Waals surface area contributed by atoms with Crippen molar-refractivity contribution in [2.75, 3.05) is 19.6 Å². The van der Waals surface area contributed by atoms with Crippen molar-refractivity contribution in [2.45, 2.75) is 57.9 Å². The molecule has 1 aliphatic carbocycles. The van der Waals surface area contributed by atoms with Crippen molar-refractivity contribution >= 4 is 18.3 Å². The van der Waals surface area contributed by atoms with Gasteiger partial charge in [0.15, 0.2) is 0 Å². The van der Waals surface area contributed by atoms with Crippen molar-refractivity contribution in [1.82, 2.24) is 10.2 Å². The molecule has 110 valence electrons. The van der Waals surface area contributed by atoms with Gasteiger partial charge in [-0.1, -0.05) is 12.8 Å². The molecule has 2 saturated heterocycles. The van der Waals surface area contributed by atoms with Gasteiger partial charge in [-0.3, -0.25) is 4.79 Å². The zero-order valence-corrected chi connectivity index (χ0v) is 12.8. The minimum absolute atomic E-state index is 0. The number of hydrogen-bond donors (Lipinski definition) is 1. The van der Waals surface area contributed by atoms with E-state index in [1.807, 2.05) is 0 Å². The summed E-state index contributed by atoms with van der Waals surface area (Å²) < 4.78 is 0. The summed E-state index contributed by atoms with van der Waals surface area (Å²) in [7, 11) is 0. The molecular weight excluding hydrogens is 260 g/mol.